The monoisotopic (exact) mass is 1190 g/mol. The molecule has 1 saturated heterocycles. The summed E-state index contributed by atoms with van der Waals surface area (Å²) >= 11 is 0. The maximum atomic E-state index is 12.8. The minimum Gasteiger partial charge on any atom is -0.466 e. The molecule has 1 heterocycles. The zero-order chi connectivity index (χ0) is 59.7. The van der Waals surface area contributed by atoms with Gasteiger partial charge in [0, 0.05) is 109 Å². The average Bonchev–Trinajstić information content (AvgIpc) is 3.41. The van der Waals surface area contributed by atoms with Gasteiger partial charge in [0.1, 0.15) is 6.61 Å². The van der Waals surface area contributed by atoms with Gasteiger partial charge in [-0.15, -0.1) is 0 Å². The van der Waals surface area contributed by atoms with Gasteiger partial charge in [0.05, 0.1) is 50.8 Å². The smallest absolute Gasteiger partial charge is 0.305 e. The molecule has 81 heavy (non-hydrogen) atoms. The van der Waals surface area contributed by atoms with Crippen LogP contribution in [0.2, 0.25) is 0 Å². The van der Waals surface area contributed by atoms with Crippen LogP contribution < -0.4 is 0 Å². The number of hydrogen-bond acceptors (Lipinski definition) is 20. The molecule has 0 aromatic heterocycles. The Morgan fingerprint density at radius 3 is 1.09 bits per heavy atom. The molecule has 1 fully saturated rings. The number of unbranched alkanes of at least 4 members (excludes halogenated alkanes) is 6. The molecule has 1 aliphatic heterocycles. The summed E-state index contributed by atoms with van der Waals surface area (Å²) in [6.07, 6.45) is 13.5. The Morgan fingerprint density at radius 1 is 0.395 bits per heavy atom. The summed E-state index contributed by atoms with van der Waals surface area (Å²) in [5.74, 6) is 1.84. The SMILES string of the molecule is CCCCOC(=O)CCCCC(O)CN(CCCSSCCN1CCN(CCOC(=O)CCCN(CC(O)CCCCC(=O)OCCC(C)C)CC(O)CCCCC(=O)OCCC(C)C)CC1)CC(O)CCCCC(=O)OCCCC. The maximum absolute atomic E-state index is 12.8. The van der Waals surface area contributed by atoms with E-state index in [1.807, 2.05) is 26.5 Å². The summed E-state index contributed by atoms with van der Waals surface area (Å²) < 4.78 is 26.8. The topological polar surface area (TPSA) is 225 Å². The predicted octanol–water partition coefficient (Wildman–Crippen LogP) is 8.85. The Kier molecular flexibility index (Phi) is 49.4. The second kappa shape index (κ2) is 52.1. The lowest BCUT2D eigenvalue weighted by Gasteiger charge is -2.34. The molecule has 0 amide bonds. The van der Waals surface area contributed by atoms with E-state index in [0.29, 0.717) is 180 Å². The van der Waals surface area contributed by atoms with Crippen molar-refractivity contribution in [2.45, 2.75) is 226 Å². The summed E-state index contributed by atoms with van der Waals surface area (Å²) in [6, 6.07) is 0. The summed E-state index contributed by atoms with van der Waals surface area (Å²) in [5, 5.41) is 43.8. The Hall–Kier alpha value is -2.27. The number of rotatable bonds is 55. The third kappa shape index (κ3) is 48.6. The van der Waals surface area contributed by atoms with Crippen molar-refractivity contribution in [1.29, 1.82) is 0 Å². The van der Waals surface area contributed by atoms with Gasteiger partial charge in [-0.2, -0.15) is 0 Å². The zero-order valence-electron chi connectivity index (χ0n) is 51.6. The van der Waals surface area contributed by atoms with Gasteiger partial charge in [0.15, 0.2) is 0 Å². The zero-order valence-corrected chi connectivity index (χ0v) is 53.2. The molecule has 0 aliphatic carbocycles. The molecule has 0 aromatic carbocycles. The third-order valence-electron chi connectivity index (χ3n) is 14.3. The quantitative estimate of drug-likeness (QED) is 0.0193. The number of carbonyl (C=O) groups is 5. The second-order valence-electron chi connectivity index (χ2n) is 23.1. The molecule has 0 aromatic rings. The van der Waals surface area contributed by atoms with Gasteiger partial charge in [-0.05, 0) is 115 Å². The third-order valence-corrected chi connectivity index (χ3v) is 16.7. The van der Waals surface area contributed by atoms with Crippen molar-refractivity contribution in [2.24, 2.45) is 11.8 Å². The normalized spacial score (nSPS) is 14.8. The number of carbonyl (C=O) groups excluding carboxylic acids is 5. The van der Waals surface area contributed by atoms with Gasteiger partial charge in [-0.3, -0.25) is 43.6 Å². The number of esters is 5. The number of hydrogen-bond donors (Lipinski definition) is 4. The molecule has 4 atom stereocenters. The van der Waals surface area contributed by atoms with E-state index in [1.54, 1.807) is 0 Å². The minimum absolute atomic E-state index is 0.182. The van der Waals surface area contributed by atoms with E-state index in [9.17, 15) is 44.4 Å². The molecule has 0 radical (unpaired) electrons. The highest BCUT2D eigenvalue weighted by atomic mass is 33.1. The molecule has 20 heteroatoms. The maximum Gasteiger partial charge on any atom is 0.305 e. The number of aliphatic hydroxyl groups excluding tert-OH is 4. The van der Waals surface area contributed by atoms with Gasteiger partial charge in [-0.25, -0.2) is 0 Å². The largest absolute Gasteiger partial charge is 0.466 e. The van der Waals surface area contributed by atoms with Crippen molar-refractivity contribution < 1.29 is 68.1 Å². The second-order valence-corrected chi connectivity index (χ2v) is 25.8. The first-order valence-electron chi connectivity index (χ1n) is 31.6. The molecule has 0 bridgehead atoms. The van der Waals surface area contributed by atoms with Crippen LogP contribution in [-0.4, -0.2) is 217 Å². The van der Waals surface area contributed by atoms with Crippen LogP contribution in [0.3, 0.4) is 0 Å². The fourth-order valence-electron chi connectivity index (χ4n) is 9.11. The van der Waals surface area contributed by atoms with Crippen molar-refractivity contribution in [3.05, 3.63) is 0 Å². The first-order chi connectivity index (χ1) is 39.0. The van der Waals surface area contributed by atoms with Crippen molar-refractivity contribution in [3.8, 4) is 0 Å². The van der Waals surface area contributed by atoms with Crippen molar-refractivity contribution in [1.82, 2.24) is 19.6 Å². The van der Waals surface area contributed by atoms with Crippen LogP contribution >= 0.6 is 21.6 Å². The highest BCUT2D eigenvalue weighted by Crippen LogP contribution is 2.23. The van der Waals surface area contributed by atoms with Crippen molar-refractivity contribution >= 4 is 51.4 Å². The summed E-state index contributed by atoms with van der Waals surface area (Å²) in [6.45, 7) is 22.8. The Morgan fingerprint density at radius 2 is 0.716 bits per heavy atom. The van der Waals surface area contributed by atoms with Gasteiger partial charge in [0.25, 0.3) is 0 Å². The summed E-state index contributed by atoms with van der Waals surface area (Å²) in [4.78, 5) is 70.0. The van der Waals surface area contributed by atoms with Gasteiger partial charge < -0.3 is 44.1 Å². The molecule has 4 N–H and O–H groups in total. The lowest BCUT2D eigenvalue weighted by atomic mass is 10.1. The van der Waals surface area contributed by atoms with Crippen molar-refractivity contribution in [2.75, 3.05) is 123 Å². The molecular weight excluding hydrogens is 1080 g/mol. The molecule has 0 saturated carbocycles. The highest BCUT2D eigenvalue weighted by Gasteiger charge is 2.21. The average molecular weight is 1190 g/mol. The van der Waals surface area contributed by atoms with E-state index in [4.69, 9.17) is 23.7 Å². The van der Waals surface area contributed by atoms with Crippen LogP contribution in [0.15, 0.2) is 0 Å². The number of piperazine rings is 1. The predicted molar refractivity (Wildman–Crippen MR) is 326 cm³/mol. The van der Waals surface area contributed by atoms with Gasteiger partial charge in [0.2, 0.25) is 0 Å². The van der Waals surface area contributed by atoms with E-state index in [0.717, 1.165) is 109 Å². The lowest BCUT2D eigenvalue weighted by Crippen LogP contribution is -2.47. The number of nitrogens with zero attached hydrogens (tertiary/aromatic N) is 4. The van der Waals surface area contributed by atoms with E-state index < -0.39 is 24.4 Å². The molecule has 18 nitrogen and oxygen atoms in total. The first kappa shape index (κ1) is 76.7. The van der Waals surface area contributed by atoms with E-state index in [-0.39, 0.29) is 36.3 Å². The minimum atomic E-state index is -0.653. The first-order valence-corrected chi connectivity index (χ1v) is 34.1. The standard InChI is InChI=1S/C61H116N4O14S2/c1-7-9-40-75-57(70)25-15-11-23-55(68)49-65(50-56(69)24-12-16-26-58(71)76-41-10-8-2)33-20-45-80-81-46-39-63-36-34-62(35-37-63)38-44-79-61(74)29-19-32-64(47-53(66)21-13-17-27-59(72)77-42-30-51(3)4)48-54(67)22-14-18-28-60(73)78-43-31-52(5)6/h51-56,66-69H,7-50H2,1-6H3. The van der Waals surface area contributed by atoms with Crippen LogP contribution in [0.5, 0.6) is 0 Å². The van der Waals surface area contributed by atoms with Crippen molar-refractivity contribution in [3.63, 3.8) is 0 Å². The van der Waals surface area contributed by atoms with E-state index in [1.165, 1.54) is 0 Å². The fraction of sp³-hybridized carbons (Fsp3) is 0.918. The van der Waals surface area contributed by atoms with Crippen LogP contribution in [0.25, 0.3) is 0 Å². The molecule has 0 spiro atoms. The Balaban J connectivity index is 2.46. The molecule has 476 valence electrons. The molecule has 1 aliphatic rings. The van der Waals surface area contributed by atoms with Gasteiger partial charge in [-0.1, -0.05) is 102 Å². The molecule has 1 rings (SSSR count). The van der Waals surface area contributed by atoms with Gasteiger partial charge >= 0.3 is 29.8 Å². The molecule has 4 unspecified atom stereocenters. The number of ether oxygens (including phenoxy) is 5. The van der Waals surface area contributed by atoms with Crippen LogP contribution in [0.1, 0.15) is 202 Å². The fourth-order valence-corrected chi connectivity index (χ4v) is 11.2. The van der Waals surface area contributed by atoms with Crippen LogP contribution in [0.4, 0.5) is 0 Å². The Bertz CT molecular complexity index is 1480. The Labute approximate surface area is 498 Å². The van der Waals surface area contributed by atoms with Crippen LogP contribution in [0, 0.1) is 11.8 Å². The highest BCUT2D eigenvalue weighted by molar-refractivity contribution is 8.76. The molecular formula is C61H116N4O14S2. The van der Waals surface area contributed by atoms with E-state index >= 15 is 0 Å². The van der Waals surface area contributed by atoms with Crippen LogP contribution in [-0.2, 0) is 47.7 Å². The summed E-state index contributed by atoms with van der Waals surface area (Å²) in [7, 11) is 3.72. The number of aliphatic hydroxyl groups is 4. The lowest BCUT2D eigenvalue weighted by molar-refractivity contribution is -0.145. The van der Waals surface area contributed by atoms with E-state index in [2.05, 4.69) is 56.2 Å². The summed E-state index contributed by atoms with van der Waals surface area (Å²) in [5.41, 5.74) is 0.